The molecule has 1 fully saturated rings. The van der Waals surface area contributed by atoms with Crippen LogP contribution in [0.1, 0.15) is 33.1 Å². The topological polar surface area (TPSA) is 24.1 Å². The smallest absolute Gasteiger partial charge is 0.00362 e. The zero-order chi connectivity index (χ0) is 8.81. The third-order valence-electron chi connectivity index (χ3n) is 2.77. The summed E-state index contributed by atoms with van der Waals surface area (Å²) in [6.07, 6.45) is 3.99. The Bertz CT molecular complexity index is 108. The molecule has 72 valence electrons. The van der Waals surface area contributed by atoms with Gasteiger partial charge in [0.15, 0.2) is 0 Å². The summed E-state index contributed by atoms with van der Waals surface area (Å²) >= 11 is 0. The van der Waals surface area contributed by atoms with Crippen molar-refractivity contribution in [2.45, 2.75) is 39.2 Å². The van der Waals surface area contributed by atoms with Gasteiger partial charge in [-0.15, -0.1) is 0 Å². The van der Waals surface area contributed by atoms with Gasteiger partial charge in [0.1, 0.15) is 0 Å². The summed E-state index contributed by atoms with van der Waals surface area (Å²) in [6.45, 7) is 8.12. The molecule has 2 unspecified atom stereocenters. The Morgan fingerprint density at radius 3 is 3.00 bits per heavy atom. The van der Waals surface area contributed by atoms with Gasteiger partial charge in [-0.3, -0.25) is 0 Å². The van der Waals surface area contributed by atoms with Crippen LogP contribution in [0.25, 0.3) is 0 Å². The summed E-state index contributed by atoms with van der Waals surface area (Å²) in [7, 11) is 0. The number of rotatable bonds is 4. The van der Waals surface area contributed by atoms with Gasteiger partial charge in [0.2, 0.25) is 0 Å². The highest BCUT2D eigenvalue weighted by atomic mass is 14.9. The van der Waals surface area contributed by atoms with Crippen molar-refractivity contribution in [2.75, 3.05) is 19.6 Å². The van der Waals surface area contributed by atoms with Crippen LogP contribution in [0.4, 0.5) is 0 Å². The van der Waals surface area contributed by atoms with E-state index in [-0.39, 0.29) is 0 Å². The average molecular weight is 170 g/mol. The third-order valence-corrected chi connectivity index (χ3v) is 2.77. The van der Waals surface area contributed by atoms with Crippen molar-refractivity contribution in [2.24, 2.45) is 5.92 Å². The van der Waals surface area contributed by atoms with E-state index < -0.39 is 0 Å². The van der Waals surface area contributed by atoms with E-state index in [2.05, 4.69) is 24.5 Å². The molecule has 0 amide bonds. The Hall–Kier alpha value is -0.0800. The van der Waals surface area contributed by atoms with E-state index in [0.717, 1.165) is 5.92 Å². The highest BCUT2D eigenvalue weighted by Crippen LogP contribution is 2.08. The van der Waals surface area contributed by atoms with Crippen LogP contribution >= 0.6 is 0 Å². The van der Waals surface area contributed by atoms with Crippen molar-refractivity contribution in [3.05, 3.63) is 0 Å². The van der Waals surface area contributed by atoms with Gasteiger partial charge in [0.05, 0.1) is 0 Å². The van der Waals surface area contributed by atoms with Gasteiger partial charge < -0.3 is 10.6 Å². The van der Waals surface area contributed by atoms with E-state index in [1.165, 1.54) is 38.9 Å². The SMILES string of the molecule is CCC(C)NCC1CCCNC1. The van der Waals surface area contributed by atoms with Gasteiger partial charge >= 0.3 is 0 Å². The first-order valence-electron chi connectivity index (χ1n) is 5.27. The van der Waals surface area contributed by atoms with Crippen molar-refractivity contribution in [3.8, 4) is 0 Å². The Balaban J connectivity index is 2.05. The molecule has 1 rings (SSSR count). The Kier molecular flexibility index (Phi) is 4.62. The fourth-order valence-corrected chi connectivity index (χ4v) is 1.61. The first-order valence-corrected chi connectivity index (χ1v) is 5.27. The second-order valence-electron chi connectivity index (χ2n) is 3.93. The maximum atomic E-state index is 3.56. The summed E-state index contributed by atoms with van der Waals surface area (Å²) < 4.78 is 0. The van der Waals surface area contributed by atoms with E-state index >= 15 is 0 Å². The predicted molar refractivity (Wildman–Crippen MR) is 53.3 cm³/mol. The maximum absolute atomic E-state index is 3.56. The number of piperidine rings is 1. The van der Waals surface area contributed by atoms with E-state index in [0.29, 0.717) is 6.04 Å². The van der Waals surface area contributed by atoms with Gasteiger partial charge in [0.25, 0.3) is 0 Å². The second-order valence-corrected chi connectivity index (χ2v) is 3.93. The first-order chi connectivity index (χ1) is 5.83. The molecule has 0 spiro atoms. The highest BCUT2D eigenvalue weighted by molar-refractivity contribution is 4.72. The van der Waals surface area contributed by atoms with E-state index in [9.17, 15) is 0 Å². The normalized spacial score (nSPS) is 27.0. The van der Waals surface area contributed by atoms with Gasteiger partial charge in [-0.05, 0) is 51.7 Å². The van der Waals surface area contributed by atoms with Crippen LogP contribution in [0.2, 0.25) is 0 Å². The van der Waals surface area contributed by atoms with E-state index in [1.54, 1.807) is 0 Å². The summed E-state index contributed by atoms with van der Waals surface area (Å²) in [4.78, 5) is 0. The van der Waals surface area contributed by atoms with Crippen molar-refractivity contribution in [1.82, 2.24) is 10.6 Å². The molecule has 0 aromatic carbocycles. The molecule has 1 aliphatic rings. The van der Waals surface area contributed by atoms with Gasteiger partial charge in [0, 0.05) is 6.04 Å². The molecule has 0 saturated carbocycles. The number of hydrogen-bond donors (Lipinski definition) is 2. The minimum atomic E-state index is 0.687. The van der Waals surface area contributed by atoms with Crippen LogP contribution in [0.5, 0.6) is 0 Å². The molecule has 0 bridgehead atoms. The monoisotopic (exact) mass is 170 g/mol. The number of nitrogens with one attached hydrogen (secondary N) is 2. The quantitative estimate of drug-likeness (QED) is 0.666. The first kappa shape index (κ1) is 10.0. The van der Waals surface area contributed by atoms with Crippen molar-refractivity contribution < 1.29 is 0 Å². The van der Waals surface area contributed by atoms with Crippen LogP contribution in [0.15, 0.2) is 0 Å². The Morgan fingerprint density at radius 2 is 2.42 bits per heavy atom. The largest absolute Gasteiger partial charge is 0.316 e. The molecule has 2 atom stereocenters. The van der Waals surface area contributed by atoms with Crippen molar-refractivity contribution in [1.29, 1.82) is 0 Å². The van der Waals surface area contributed by atoms with Gasteiger partial charge in [-0.25, -0.2) is 0 Å². The standard InChI is InChI=1S/C10H22N2/c1-3-9(2)12-8-10-5-4-6-11-7-10/h9-12H,3-8H2,1-2H3. The summed E-state index contributed by atoms with van der Waals surface area (Å²) in [5.41, 5.74) is 0. The average Bonchev–Trinajstić information content (AvgIpc) is 2.16. The zero-order valence-electron chi connectivity index (χ0n) is 8.40. The van der Waals surface area contributed by atoms with Gasteiger partial charge in [-0.2, -0.15) is 0 Å². The van der Waals surface area contributed by atoms with Crippen LogP contribution in [0, 0.1) is 5.92 Å². The molecule has 0 aromatic rings. The maximum Gasteiger partial charge on any atom is 0.00362 e. The van der Waals surface area contributed by atoms with Crippen molar-refractivity contribution in [3.63, 3.8) is 0 Å². The minimum absolute atomic E-state index is 0.687. The molecule has 0 radical (unpaired) electrons. The fourth-order valence-electron chi connectivity index (χ4n) is 1.61. The third kappa shape index (κ3) is 3.55. The highest BCUT2D eigenvalue weighted by Gasteiger charge is 2.12. The van der Waals surface area contributed by atoms with Crippen LogP contribution in [-0.4, -0.2) is 25.7 Å². The second kappa shape index (κ2) is 5.55. The molecular formula is C10H22N2. The molecule has 1 heterocycles. The zero-order valence-corrected chi connectivity index (χ0v) is 8.40. The molecule has 0 aromatic heterocycles. The van der Waals surface area contributed by atoms with E-state index in [4.69, 9.17) is 0 Å². The molecular weight excluding hydrogens is 148 g/mol. The van der Waals surface area contributed by atoms with Crippen LogP contribution < -0.4 is 10.6 Å². The lowest BCUT2D eigenvalue weighted by Crippen LogP contribution is -2.38. The lowest BCUT2D eigenvalue weighted by atomic mass is 9.99. The molecule has 1 aliphatic heterocycles. The van der Waals surface area contributed by atoms with Crippen LogP contribution in [-0.2, 0) is 0 Å². The molecule has 2 heteroatoms. The van der Waals surface area contributed by atoms with Crippen LogP contribution in [0.3, 0.4) is 0 Å². The van der Waals surface area contributed by atoms with Gasteiger partial charge in [-0.1, -0.05) is 6.92 Å². The lowest BCUT2D eigenvalue weighted by Gasteiger charge is -2.24. The Morgan fingerprint density at radius 1 is 1.58 bits per heavy atom. The fraction of sp³-hybridized carbons (Fsp3) is 1.00. The summed E-state index contributed by atoms with van der Waals surface area (Å²) in [5.74, 6) is 0.868. The van der Waals surface area contributed by atoms with Crippen molar-refractivity contribution >= 4 is 0 Å². The lowest BCUT2D eigenvalue weighted by molar-refractivity contribution is 0.345. The van der Waals surface area contributed by atoms with E-state index in [1.807, 2.05) is 0 Å². The molecule has 0 aliphatic carbocycles. The molecule has 2 N–H and O–H groups in total. The summed E-state index contributed by atoms with van der Waals surface area (Å²) in [6, 6.07) is 0.687. The minimum Gasteiger partial charge on any atom is -0.316 e. The molecule has 12 heavy (non-hydrogen) atoms. The molecule has 2 nitrogen and oxygen atoms in total. The Labute approximate surface area is 76.1 Å². The predicted octanol–water partition coefficient (Wildman–Crippen LogP) is 1.37. The molecule has 1 saturated heterocycles. The summed E-state index contributed by atoms with van der Waals surface area (Å²) in [5, 5.41) is 7.00. The number of hydrogen-bond acceptors (Lipinski definition) is 2.